The summed E-state index contributed by atoms with van der Waals surface area (Å²) < 4.78 is 4.57. The topological polar surface area (TPSA) is 72.6 Å². The van der Waals surface area contributed by atoms with Gasteiger partial charge in [0.1, 0.15) is 11.4 Å². The molecule has 0 fully saturated rings. The Hall–Kier alpha value is -1.56. The van der Waals surface area contributed by atoms with E-state index in [-0.39, 0.29) is 18.5 Å². The maximum absolute atomic E-state index is 12.2. The van der Waals surface area contributed by atoms with Crippen molar-refractivity contribution >= 4 is 28.9 Å². The van der Waals surface area contributed by atoms with Gasteiger partial charge < -0.3 is 15.4 Å². The molecule has 0 saturated carbocycles. The van der Waals surface area contributed by atoms with Gasteiger partial charge >= 0.3 is 5.97 Å². The molecule has 1 aromatic rings. The van der Waals surface area contributed by atoms with Crippen molar-refractivity contribution in [2.24, 2.45) is 0 Å². The van der Waals surface area contributed by atoms with Crippen LogP contribution in [0.25, 0.3) is 0 Å². The lowest BCUT2D eigenvalue weighted by atomic mass is 10.2. The minimum absolute atomic E-state index is 0.0651. The van der Waals surface area contributed by atoms with E-state index in [9.17, 15) is 9.59 Å². The number of nitrogens with zero attached hydrogens (tertiary/aromatic N) is 1. The summed E-state index contributed by atoms with van der Waals surface area (Å²) in [5.74, 6) is -0.680. The maximum atomic E-state index is 12.2. The number of amides is 1. The zero-order chi connectivity index (χ0) is 13.0. The van der Waals surface area contributed by atoms with Crippen molar-refractivity contribution in [3.8, 4) is 0 Å². The third kappa shape index (κ3) is 3.20. The van der Waals surface area contributed by atoms with Crippen LogP contribution in [-0.2, 0) is 9.53 Å². The lowest BCUT2D eigenvalue weighted by Gasteiger charge is -2.25. The Labute approximate surface area is 104 Å². The Balaban J connectivity index is 2.89. The number of carbonyl (C=O) groups excluding carboxylic acids is 2. The SMILES string of the molecule is COC(=O)CN(C(=O)c1sccc1N)C(C)C. The number of methoxy groups -OCH3 is 1. The van der Waals surface area contributed by atoms with Crippen LogP contribution in [-0.4, -0.2) is 36.5 Å². The van der Waals surface area contributed by atoms with Gasteiger partial charge in [-0.3, -0.25) is 9.59 Å². The van der Waals surface area contributed by atoms with Gasteiger partial charge in [-0.15, -0.1) is 11.3 Å². The molecule has 0 aliphatic carbocycles. The van der Waals surface area contributed by atoms with Crippen LogP contribution in [0.5, 0.6) is 0 Å². The highest BCUT2D eigenvalue weighted by atomic mass is 32.1. The molecule has 94 valence electrons. The zero-order valence-corrected chi connectivity index (χ0v) is 10.9. The molecule has 1 rings (SSSR count). The van der Waals surface area contributed by atoms with E-state index in [0.717, 1.165) is 0 Å². The van der Waals surface area contributed by atoms with Crippen LogP contribution in [0.2, 0.25) is 0 Å². The van der Waals surface area contributed by atoms with Gasteiger partial charge in [0, 0.05) is 6.04 Å². The summed E-state index contributed by atoms with van der Waals surface area (Å²) in [6, 6.07) is 1.58. The molecule has 6 heteroatoms. The number of hydrogen-bond donors (Lipinski definition) is 1. The largest absolute Gasteiger partial charge is 0.468 e. The molecule has 0 atom stereocenters. The van der Waals surface area contributed by atoms with Gasteiger partial charge in [0.05, 0.1) is 12.8 Å². The highest BCUT2D eigenvalue weighted by Crippen LogP contribution is 2.21. The van der Waals surface area contributed by atoms with Crippen LogP contribution in [0, 0.1) is 0 Å². The highest BCUT2D eigenvalue weighted by Gasteiger charge is 2.24. The standard InChI is InChI=1S/C11H16N2O3S/c1-7(2)13(6-9(14)16-3)11(15)10-8(12)4-5-17-10/h4-5,7H,6,12H2,1-3H3. The molecule has 2 N–H and O–H groups in total. The highest BCUT2D eigenvalue weighted by molar-refractivity contribution is 7.12. The average molecular weight is 256 g/mol. The van der Waals surface area contributed by atoms with Gasteiger partial charge in [0.25, 0.3) is 5.91 Å². The summed E-state index contributed by atoms with van der Waals surface area (Å²) in [4.78, 5) is 25.3. The predicted molar refractivity (Wildman–Crippen MR) is 66.9 cm³/mol. The summed E-state index contributed by atoms with van der Waals surface area (Å²) in [7, 11) is 1.30. The van der Waals surface area contributed by atoms with Crippen molar-refractivity contribution in [1.82, 2.24) is 4.90 Å². The second kappa shape index (κ2) is 5.67. The van der Waals surface area contributed by atoms with E-state index in [1.165, 1.54) is 23.3 Å². The van der Waals surface area contributed by atoms with Crippen molar-refractivity contribution in [1.29, 1.82) is 0 Å². The molecule has 0 saturated heterocycles. The van der Waals surface area contributed by atoms with E-state index in [1.807, 2.05) is 13.8 Å². The predicted octanol–water partition coefficient (Wildman–Crippen LogP) is 1.35. The summed E-state index contributed by atoms with van der Waals surface area (Å²) in [6.07, 6.45) is 0. The summed E-state index contributed by atoms with van der Waals surface area (Å²) in [5.41, 5.74) is 6.13. The molecular weight excluding hydrogens is 240 g/mol. The molecule has 0 bridgehead atoms. The number of thiophene rings is 1. The Bertz CT molecular complexity index is 415. The van der Waals surface area contributed by atoms with Crippen LogP contribution in [0.1, 0.15) is 23.5 Å². The Morgan fingerprint density at radius 2 is 2.18 bits per heavy atom. The van der Waals surface area contributed by atoms with Gasteiger partial charge in [0.2, 0.25) is 0 Å². The van der Waals surface area contributed by atoms with Gasteiger partial charge in [-0.2, -0.15) is 0 Å². The molecule has 0 spiro atoms. The molecule has 1 aromatic heterocycles. The molecule has 17 heavy (non-hydrogen) atoms. The first-order valence-corrected chi connectivity index (χ1v) is 6.06. The molecular formula is C11H16N2O3S. The Morgan fingerprint density at radius 3 is 2.59 bits per heavy atom. The van der Waals surface area contributed by atoms with E-state index >= 15 is 0 Å². The fraction of sp³-hybridized carbons (Fsp3) is 0.455. The van der Waals surface area contributed by atoms with Crippen molar-refractivity contribution in [3.63, 3.8) is 0 Å². The number of nitrogens with two attached hydrogens (primary N) is 1. The van der Waals surface area contributed by atoms with Crippen LogP contribution >= 0.6 is 11.3 Å². The lowest BCUT2D eigenvalue weighted by molar-refractivity contribution is -0.141. The van der Waals surface area contributed by atoms with E-state index in [1.54, 1.807) is 11.4 Å². The van der Waals surface area contributed by atoms with Gasteiger partial charge in [-0.1, -0.05) is 0 Å². The number of ether oxygens (including phenoxy) is 1. The van der Waals surface area contributed by atoms with E-state index in [2.05, 4.69) is 4.74 Å². The van der Waals surface area contributed by atoms with Crippen molar-refractivity contribution < 1.29 is 14.3 Å². The van der Waals surface area contributed by atoms with Gasteiger partial charge in [-0.25, -0.2) is 0 Å². The minimum atomic E-state index is -0.442. The van der Waals surface area contributed by atoms with E-state index in [0.29, 0.717) is 10.6 Å². The van der Waals surface area contributed by atoms with Crippen LogP contribution < -0.4 is 5.73 Å². The van der Waals surface area contributed by atoms with E-state index < -0.39 is 5.97 Å². The van der Waals surface area contributed by atoms with Crippen molar-refractivity contribution in [2.75, 3.05) is 19.4 Å². The Kier molecular flexibility index (Phi) is 4.51. The van der Waals surface area contributed by atoms with Gasteiger partial charge in [0.15, 0.2) is 0 Å². The first-order valence-electron chi connectivity index (χ1n) is 5.18. The van der Waals surface area contributed by atoms with Crippen LogP contribution in [0.4, 0.5) is 5.69 Å². The fourth-order valence-electron chi connectivity index (χ4n) is 1.32. The number of nitrogen functional groups attached to an aromatic ring is 1. The quantitative estimate of drug-likeness (QED) is 0.825. The molecule has 5 nitrogen and oxygen atoms in total. The first kappa shape index (κ1) is 13.5. The molecule has 0 unspecified atom stereocenters. The smallest absolute Gasteiger partial charge is 0.325 e. The molecule has 0 aromatic carbocycles. The molecule has 1 heterocycles. The third-order valence-electron chi connectivity index (χ3n) is 2.30. The van der Waals surface area contributed by atoms with Crippen LogP contribution in [0.15, 0.2) is 11.4 Å². The second-order valence-electron chi connectivity index (χ2n) is 3.81. The number of esters is 1. The molecule has 0 radical (unpaired) electrons. The normalized spacial score (nSPS) is 10.4. The second-order valence-corrected chi connectivity index (χ2v) is 4.72. The van der Waals surface area contributed by atoms with Crippen molar-refractivity contribution in [3.05, 3.63) is 16.3 Å². The third-order valence-corrected chi connectivity index (χ3v) is 3.22. The van der Waals surface area contributed by atoms with Crippen LogP contribution in [0.3, 0.4) is 0 Å². The summed E-state index contributed by atoms with van der Waals surface area (Å²) in [6.45, 7) is 3.61. The average Bonchev–Trinajstić information content (AvgIpc) is 2.70. The monoisotopic (exact) mass is 256 g/mol. The lowest BCUT2D eigenvalue weighted by Crippen LogP contribution is -2.41. The number of hydrogen-bond acceptors (Lipinski definition) is 5. The minimum Gasteiger partial charge on any atom is -0.468 e. The zero-order valence-electron chi connectivity index (χ0n) is 10.1. The summed E-state index contributed by atoms with van der Waals surface area (Å²) >= 11 is 1.27. The molecule has 0 aliphatic heterocycles. The maximum Gasteiger partial charge on any atom is 0.325 e. The molecule has 1 amide bonds. The van der Waals surface area contributed by atoms with Gasteiger partial charge in [-0.05, 0) is 25.3 Å². The molecule has 0 aliphatic rings. The summed E-state index contributed by atoms with van der Waals surface area (Å²) in [5, 5.41) is 1.75. The number of carbonyl (C=O) groups is 2. The number of rotatable bonds is 4. The Morgan fingerprint density at radius 1 is 1.53 bits per heavy atom. The van der Waals surface area contributed by atoms with E-state index in [4.69, 9.17) is 5.73 Å². The first-order chi connectivity index (χ1) is 7.97. The fourth-order valence-corrected chi connectivity index (χ4v) is 2.09. The number of anilines is 1. The van der Waals surface area contributed by atoms with Crippen molar-refractivity contribution in [2.45, 2.75) is 19.9 Å².